The number of fused-ring (bicyclic) bond motifs is 1. The highest BCUT2D eigenvalue weighted by molar-refractivity contribution is 5.58. The van der Waals surface area contributed by atoms with Crippen molar-refractivity contribution in [2.24, 2.45) is 0 Å². The highest BCUT2D eigenvalue weighted by Crippen LogP contribution is 2.23. The molecule has 0 aliphatic carbocycles. The third-order valence-electron chi connectivity index (χ3n) is 5.29. The van der Waals surface area contributed by atoms with Crippen LogP contribution in [0.4, 0.5) is 0 Å². The number of nitrogens with zero attached hydrogens (tertiary/aromatic N) is 4. The van der Waals surface area contributed by atoms with E-state index in [1.165, 1.54) is 22.3 Å². The third kappa shape index (κ3) is 4.54. The van der Waals surface area contributed by atoms with E-state index in [1.807, 2.05) is 18.2 Å². The lowest BCUT2D eigenvalue weighted by atomic mass is 10.0. The van der Waals surface area contributed by atoms with E-state index in [0.29, 0.717) is 5.82 Å². The molecule has 0 atom stereocenters. The minimum absolute atomic E-state index is 0.610. The summed E-state index contributed by atoms with van der Waals surface area (Å²) in [6.07, 6.45) is 5.10. The molecule has 1 aliphatic rings. The van der Waals surface area contributed by atoms with Gasteiger partial charge in [-0.15, -0.1) is 10.2 Å². The Morgan fingerprint density at radius 1 is 0.935 bits per heavy atom. The average molecular weight is 403 g/mol. The normalized spacial score (nSPS) is 12.2. The minimum atomic E-state index is 0.610. The first-order chi connectivity index (χ1) is 15.3. The van der Waals surface area contributed by atoms with E-state index >= 15 is 0 Å². The van der Waals surface area contributed by atoms with Gasteiger partial charge in [0.25, 0.3) is 0 Å². The molecule has 3 aromatic carbocycles. The summed E-state index contributed by atoms with van der Waals surface area (Å²) in [4.78, 5) is 2.31. The van der Waals surface area contributed by atoms with Crippen molar-refractivity contribution >= 4 is 6.08 Å². The van der Waals surface area contributed by atoms with Crippen molar-refractivity contribution in [2.45, 2.75) is 19.5 Å². The summed E-state index contributed by atoms with van der Waals surface area (Å²) >= 11 is 0. The van der Waals surface area contributed by atoms with E-state index in [9.17, 15) is 0 Å². The molecule has 0 unspecified atom stereocenters. The van der Waals surface area contributed by atoms with Crippen LogP contribution in [0, 0.1) is 11.8 Å². The van der Waals surface area contributed by atoms with Crippen LogP contribution in [0.5, 0.6) is 0 Å². The second-order valence-electron chi connectivity index (χ2n) is 7.53. The number of aromatic nitrogens is 4. The Morgan fingerprint density at radius 2 is 1.81 bits per heavy atom. The summed E-state index contributed by atoms with van der Waals surface area (Å²) in [6, 6.07) is 25.1. The SMILES string of the molecule is C(#Cc1ccc2c(c1)CN(Cc1ccc(-c3nn[nH]n3)cc1)C=C2)Cc1ccccc1. The third-order valence-corrected chi connectivity index (χ3v) is 5.29. The summed E-state index contributed by atoms with van der Waals surface area (Å²) in [7, 11) is 0. The highest BCUT2D eigenvalue weighted by atomic mass is 15.5. The molecule has 1 aliphatic heterocycles. The van der Waals surface area contributed by atoms with Crippen molar-refractivity contribution in [3.8, 4) is 23.2 Å². The van der Waals surface area contributed by atoms with Crippen molar-refractivity contribution in [1.29, 1.82) is 0 Å². The van der Waals surface area contributed by atoms with Crippen LogP contribution < -0.4 is 0 Å². The number of aromatic amines is 1. The lowest BCUT2D eigenvalue weighted by Gasteiger charge is -2.25. The van der Waals surface area contributed by atoms with Gasteiger partial charge in [-0.1, -0.05) is 72.5 Å². The first-order valence-electron chi connectivity index (χ1n) is 10.2. The van der Waals surface area contributed by atoms with Gasteiger partial charge in [-0.25, -0.2) is 0 Å². The highest BCUT2D eigenvalue weighted by Gasteiger charge is 2.12. The van der Waals surface area contributed by atoms with Crippen molar-refractivity contribution < 1.29 is 0 Å². The van der Waals surface area contributed by atoms with Crippen molar-refractivity contribution in [2.75, 3.05) is 0 Å². The number of tetrazole rings is 1. The molecule has 0 saturated heterocycles. The molecule has 0 bridgehead atoms. The zero-order valence-electron chi connectivity index (χ0n) is 17.0. The van der Waals surface area contributed by atoms with Crippen LogP contribution in [0.25, 0.3) is 17.5 Å². The molecule has 0 spiro atoms. The summed E-state index contributed by atoms with van der Waals surface area (Å²) < 4.78 is 0. The van der Waals surface area contributed by atoms with Gasteiger partial charge in [-0.3, -0.25) is 0 Å². The monoisotopic (exact) mass is 403 g/mol. The Bertz CT molecular complexity index is 1250. The number of hydrogen-bond acceptors (Lipinski definition) is 4. The average Bonchev–Trinajstić information content (AvgIpc) is 3.35. The molecule has 31 heavy (non-hydrogen) atoms. The molecule has 0 amide bonds. The number of benzene rings is 3. The van der Waals surface area contributed by atoms with Gasteiger partial charge in [-0.05, 0) is 45.7 Å². The Hall–Kier alpha value is -4.17. The van der Waals surface area contributed by atoms with Crippen LogP contribution in [0.1, 0.15) is 27.8 Å². The summed E-state index contributed by atoms with van der Waals surface area (Å²) in [5.74, 6) is 7.22. The van der Waals surface area contributed by atoms with Crippen LogP contribution in [0.15, 0.2) is 79.0 Å². The second-order valence-corrected chi connectivity index (χ2v) is 7.53. The van der Waals surface area contributed by atoms with Crippen molar-refractivity contribution in [3.63, 3.8) is 0 Å². The molecule has 1 aromatic heterocycles. The Balaban J connectivity index is 1.25. The van der Waals surface area contributed by atoms with Crippen molar-refractivity contribution in [1.82, 2.24) is 25.5 Å². The van der Waals surface area contributed by atoms with E-state index in [0.717, 1.165) is 30.6 Å². The van der Waals surface area contributed by atoms with Gasteiger partial charge in [0.2, 0.25) is 5.82 Å². The molecule has 4 aromatic rings. The molecule has 5 heteroatoms. The summed E-state index contributed by atoms with van der Waals surface area (Å²) in [6.45, 7) is 1.71. The molecular weight excluding hydrogens is 382 g/mol. The molecule has 1 N–H and O–H groups in total. The minimum Gasteiger partial charge on any atom is -0.369 e. The van der Waals surface area contributed by atoms with Gasteiger partial charge >= 0.3 is 0 Å². The Labute approximate surface area is 181 Å². The van der Waals surface area contributed by atoms with Gasteiger partial charge in [0.15, 0.2) is 0 Å². The number of H-pyrrole nitrogens is 1. The van der Waals surface area contributed by atoms with Crippen LogP contribution in [0.3, 0.4) is 0 Å². The number of nitrogens with one attached hydrogen (secondary N) is 1. The maximum absolute atomic E-state index is 4.02. The maximum Gasteiger partial charge on any atom is 0.204 e. The van der Waals surface area contributed by atoms with E-state index < -0.39 is 0 Å². The molecule has 0 saturated carbocycles. The maximum atomic E-state index is 4.02. The second kappa shape index (κ2) is 8.68. The largest absolute Gasteiger partial charge is 0.369 e. The molecule has 150 valence electrons. The quantitative estimate of drug-likeness (QED) is 0.512. The van der Waals surface area contributed by atoms with Gasteiger partial charge in [-0.2, -0.15) is 5.21 Å². The predicted octanol–water partition coefficient (Wildman–Crippen LogP) is 4.45. The first kappa shape index (κ1) is 18.8. The smallest absolute Gasteiger partial charge is 0.204 e. The fraction of sp³-hybridized carbons (Fsp3) is 0.115. The fourth-order valence-electron chi connectivity index (χ4n) is 3.67. The number of hydrogen-bond donors (Lipinski definition) is 1. The van der Waals surface area contributed by atoms with E-state index in [1.54, 1.807) is 0 Å². The van der Waals surface area contributed by atoms with Crippen molar-refractivity contribution in [3.05, 3.63) is 107 Å². The van der Waals surface area contributed by atoms with Crippen LogP contribution in [-0.4, -0.2) is 25.5 Å². The number of rotatable bonds is 4. The molecule has 2 heterocycles. The van der Waals surface area contributed by atoms with E-state index in [4.69, 9.17) is 0 Å². The molecule has 5 nitrogen and oxygen atoms in total. The Kier molecular flexibility index (Phi) is 5.27. The first-order valence-corrected chi connectivity index (χ1v) is 10.2. The lowest BCUT2D eigenvalue weighted by Crippen LogP contribution is -2.19. The van der Waals surface area contributed by atoms with Crippen LogP contribution in [-0.2, 0) is 19.5 Å². The molecular formula is C26H21N5. The zero-order chi connectivity index (χ0) is 20.9. The topological polar surface area (TPSA) is 57.7 Å². The van der Waals surface area contributed by atoms with E-state index in [-0.39, 0.29) is 0 Å². The fourth-order valence-corrected chi connectivity index (χ4v) is 3.67. The predicted molar refractivity (Wildman–Crippen MR) is 121 cm³/mol. The van der Waals surface area contributed by atoms with E-state index in [2.05, 4.69) is 104 Å². The standard InChI is InChI=1S/C26H21N5/c1-2-5-20(6-3-1)7-4-8-21-9-12-23-15-16-31(19-25(23)17-21)18-22-10-13-24(14-11-22)26-27-29-30-28-26/h1-3,5-6,9-17H,7,18-19H2,(H,27,28,29,30). The molecule has 0 radical (unpaired) electrons. The van der Waals surface area contributed by atoms with Gasteiger partial charge in [0.1, 0.15) is 0 Å². The Morgan fingerprint density at radius 3 is 2.61 bits per heavy atom. The summed E-state index contributed by atoms with van der Waals surface area (Å²) in [5, 5.41) is 14.1. The van der Waals surface area contributed by atoms with Crippen LogP contribution in [0.2, 0.25) is 0 Å². The lowest BCUT2D eigenvalue weighted by molar-refractivity contribution is 0.359. The van der Waals surface area contributed by atoms with Gasteiger partial charge < -0.3 is 4.90 Å². The van der Waals surface area contributed by atoms with Gasteiger partial charge in [0, 0.05) is 36.8 Å². The van der Waals surface area contributed by atoms with Gasteiger partial charge in [0.05, 0.1) is 0 Å². The summed E-state index contributed by atoms with van der Waals surface area (Å²) in [5.41, 5.74) is 7.06. The van der Waals surface area contributed by atoms with Crippen LogP contribution >= 0.6 is 0 Å². The molecule has 5 rings (SSSR count). The zero-order valence-corrected chi connectivity index (χ0v) is 17.0. The molecule has 0 fully saturated rings.